The van der Waals surface area contributed by atoms with Crippen molar-refractivity contribution < 1.29 is 14.0 Å². The van der Waals surface area contributed by atoms with E-state index < -0.39 is 0 Å². The minimum absolute atomic E-state index is 0.121. The molecule has 2 aliphatic heterocycles. The fourth-order valence-corrected chi connectivity index (χ4v) is 3.73. The van der Waals surface area contributed by atoms with E-state index in [9.17, 15) is 0 Å². The fourth-order valence-electron chi connectivity index (χ4n) is 3.73. The van der Waals surface area contributed by atoms with Gasteiger partial charge in [0.1, 0.15) is 5.82 Å². The molecule has 1 atom stereocenters. The SMILES string of the molecule is CNc1ccc(-c2noc(C3CCCN3Cc3ccc4c(c3)OCO4)n2)cn1. The average molecular weight is 379 g/mol. The van der Waals surface area contributed by atoms with Crippen LogP contribution in [0, 0.1) is 0 Å². The normalized spacial score (nSPS) is 18.5. The lowest BCUT2D eigenvalue weighted by Crippen LogP contribution is -2.23. The van der Waals surface area contributed by atoms with Gasteiger partial charge in [-0.05, 0) is 49.2 Å². The van der Waals surface area contributed by atoms with Crippen molar-refractivity contribution in [3.63, 3.8) is 0 Å². The highest BCUT2D eigenvalue weighted by Gasteiger charge is 2.31. The van der Waals surface area contributed by atoms with E-state index in [1.807, 2.05) is 31.3 Å². The molecule has 0 aliphatic carbocycles. The lowest BCUT2D eigenvalue weighted by Gasteiger charge is -2.21. The Bertz CT molecular complexity index is 972. The van der Waals surface area contributed by atoms with E-state index in [2.05, 4.69) is 31.4 Å². The molecule has 1 aromatic carbocycles. The van der Waals surface area contributed by atoms with Gasteiger partial charge in [-0.25, -0.2) is 4.98 Å². The highest BCUT2D eigenvalue weighted by molar-refractivity contribution is 5.55. The molecule has 0 bridgehead atoms. The number of anilines is 1. The summed E-state index contributed by atoms with van der Waals surface area (Å²) < 4.78 is 16.5. The zero-order valence-electron chi connectivity index (χ0n) is 15.6. The monoisotopic (exact) mass is 379 g/mol. The first-order chi connectivity index (χ1) is 13.8. The highest BCUT2D eigenvalue weighted by Crippen LogP contribution is 2.36. The molecule has 144 valence electrons. The van der Waals surface area contributed by atoms with Gasteiger partial charge in [0, 0.05) is 25.4 Å². The molecule has 0 spiro atoms. The molecule has 1 unspecified atom stereocenters. The molecule has 2 aliphatic rings. The van der Waals surface area contributed by atoms with Crippen molar-refractivity contribution in [1.82, 2.24) is 20.0 Å². The van der Waals surface area contributed by atoms with E-state index in [0.29, 0.717) is 18.5 Å². The number of nitrogens with one attached hydrogen (secondary N) is 1. The number of likely N-dealkylation sites (tertiary alicyclic amines) is 1. The number of hydrogen-bond donors (Lipinski definition) is 1. The van der Waals surface area contributed by atoms with Gasteiger partial charge in [0.2, 0.25) is 18.5 Å². The standard InChI is InChI=1S/C20H21N5O3/c1-21-18-7-5-14(10-22-18)19-23-20(28-24-19)15-3-2-8-25(15)11-13-4-6-16-17(9-13)27-12-26-16/h4-7,9-10,15H,2-3,8,11-12H2,1H3,(H,21,22). The second-order valence-electron chi connectivity index (χ2n) is 6.95. The maximum Gasteiger partial charge on any atom is 0.244 e. The third kappa shape index (κ3) is 3.16. The molecule has 28 heavy (non-hydrogen) atoms. The number of aromatic nitrogens is 3. The van der Waals surface area contributed by atoms with Crippen LogP contribution in [0.4, 0.5) is 5.82 Å². The van der Waals surface area contributed by atoms with Gasteiger partial charge in [-0.3, -0.25) is 4.90 Å². The Morgan fingerprint density at radius 3 is 2.96 bits per heavy atom. The largest absolute Gasteiger partial charge is 0.454 e. The molecule has 0 saturated carbocycles. The predicted molar refractivity (Wildman–Crippen MR) is 102 cm³/mol. The van der Waals surface area contributed by atoms with Crippen molar-refractivity contribution in [1.29, 1.82) is 0 Å². The molecule has 0 radical (unpaired) electrons. The fraction of sp³-hybridized carbons (Fsp3) is 0.350. The molecular formula is C20H21N5O3. The first-order valence-electron chi connectivity index (χ1n) is 9.40. The molecular weight excluding hydrogens is 358 g/mol. The minimum atomic E-state index is 0.121. The van der Waals surface area contributed by atoms with E-state index in [4.69, 9.17) is 14.0 Å². The third-order valence-electron chi connectivity index (χ3n) is 5.19. The van der Waals surface area contributed by atoms with Crippen molar-refractivity contribution in [2.24, 2.45) is 0 Å². The van der Waals surface area contributed by atoms with Gasteiger partial charge in [-0.1, -0.05) is 11.2 Å². The van der Waals surface area contributed by atoms with Crippen LogP contribution in [0.1, 0.15) is 30.3 Å². The van der Waals surface area contributed by atoms with Gasteiger partial charge in [0.15, 0.2) is 11.5 Å². The summed E-state index contributed by atoms with van der Waals surface area (Å²) in [6.07, 6.45) is 3.86. The topological polar surface area (TPSA) is 85.5 Å². The van der Waals surface area contributed by atoms with Crippen LogP contribution in [0.25, 0.3) is 11.4 Å². The first-order valence-corrected chi connectivity index (χ1v) is 9.40. The molecule has 1 saturated heterocycles. The summed E-state index contributed by atoms with van der Waals surface area (Å²) in [6, 6.07) is 10.0. The Kier molecular flexibility index (Phi) is 4.32. The molecule has 8 nitrogen and oxygen atoms in total. The summed E-state index contributed by atoms with van der Waals surface area (Å²) >= 11 is 0. The van der Waals surface area contributed by atoms with E-state index >= 15 is 0 Å². The quantitative estimate of drug-likeness (QED) is 0.723. The Labute approximate surface area is 162 Å². The van der Waals surface area contributed by atoms with Crippen LogP contribution < -0.4 is 14.8 Å². The second kappa shape index (κ2) is 7.12. The van der Waals surface area contributed by atoms with Crippen LogP contribution in [0.2, 0.25) is 0 Å². The Morgan fingerprint density at radius 2 is 2.11 bits per heavy atom. The van der Waals surface area contributed by atoms with Crippen molar-refractivity contribution in [3.05, 3.63) is 48.0 Å². The number of benzene rings is 1. The number of hydrogen-bond acceptors (Lipinski definition) is 8. The summed E-state index contributed by atoms with van der Waals surface area (Å²) in [6.45, 7) is 2.09. The summed E-state index contributed by atoms with van der Waals surface area (Å²) in [5, 5.41) is 7.17. The maximum atomic E-state index is 5.61. The number of pyridine rings is 1. The average Bonchev–Trinajstić information content (AvgIpc) is 3.48. The van der Waals surface area contributed by atoms with E-state index in [0.717, 1.165) is 48.8 Å². The number of ether oxygens (including phenoxy) is 2. The van der Waals surface area contributed by atoms with Crippen molar-refractivity contribution in [2.75, 3.05) is 25.7 Å². The number of rotatable bonds is 5. The smallest absolute Gasteiger partial charge is 0.244 e. The maximum absolute atomic E-state index is 5.61. The second-order valence-corrected chi connectivity index (χ2v) is 6.95. The van der Waals surface area contributed by atoms with Gasteiger partial charge in [-0.15, -0.1) is 0 Å². The Balaban J connectivity index is 1.33. The predicted octanol–water partition coefficient (Wildman–Crippen LogP) is 3.24. The van der Waals surface area contributed by atoms with Gasteiger partial charge in [0.25, 0.3) is 0 Å². The Morgan fingerprint density at radius 1 is 1.18 bits per heavy atom. The van der Waals surface area contributed by atoms with Crippen LogP contribution >= 0.6 is 0 Å². The van der Waals surface area contributed by atoms with Crippen LogP contribution in [-0.4, -0.2) is 40.4 Å². The zero-order chi connectivity index (χ0) is 18.9. The lowest BCUT2D eigenvalue weighted by atomic mass is 10.1. The summed E-state index contributed by atoms with van der Waals surface area (Å²) in [5.41, 5.74) is 2.03. The highest BCUT2D eigenvalue weighted by atomic mass is 16.7. The summed E-state index contributed by atoms with van der Waals surface area (Å²) in [7, 11) is 1.84. The van der Waals surface area contributed by atoms with Crippen molar-refractivity contribution in [2.45, 2.75) is 25.4 Å². The zero-order valence-corrected chi connectivity index (χ0v) is 15.6. The lowest BCUT2D eigenvalue weighted by molar-refractivity contribution is 0.173. The van der Waals surface area contributed by atoms with E-state index in [1.54, 1.807) is 6.20 Å². The number of fused-ring (bicyclic) bond motifs is 1. The molecule has 5 rings (SSSR count). The van der Waals surface area contributed by atoms with E-state index in [1.165, 1.54) is 5.56 Å². The molecule has 3 aromatic rings. The van der Waals surface area contributed by atoms with Crippen LogP contribution in [-0.2, 0) is 6.54 Å². The first kappa shape index (κ1) is 17.0. The molecule has 1 fully saturated rings. The van der Waals surface area contributed by atoms with Gasteiger partial charge in [-0.2, -0.15) is 4.98 Å². The van der Waals surface area contributed by atoms with Gasteiger partial charge in [0.05, 0.1) is 6.04 Å². The summed E-state index contributed by atoms with van der Waals surface area (Å²) in [5.74, 6) is 3.65. The van der Waals surface area contributed by atoms with E-state index in [-0.39, 0.29) is 6.04 Å². The molecule has 1 N–H and O–H groups in total. The minimum Gasteiger partial charge on any atom is -0.454 e. The summed E-state index contributed by atoms with van der Waals surface area (Å²) in [4.78, 5) is 11.3. The Hall–Kier alpha value is -3.13. The van der Waals surface area contributed by atoms with Crippen molar-refractivity contribution >= 4 is 5.82 Å². The molecule has 2 aromatic heterocycles. The van der Waals surface area contributed by atoms with Crippen LogP contribution in [0.15, 0.2) is 41.1 Å². The van der Waals surface area contributed by atoms with Gasteiger partial charge >= 0.3 is 0 Å². The van der Waals surface area contributed by atoms with Crippen molar-refractivity contribution in [3.8, 4) is 22.9 Å². The molecule has 0 amide bonds. The number of nitrogens with zero attached hydrogens (tertiary/aromatic N) is 4. The third-order valence-corrected chi connectivity index (χ3v) is 5.19. The molecule has 8 heteroatoms. The van der Waals surface area contributed by atoms with Gasteiger partial charge < -0.3 is 19.3 Å². The van der Waals surface area contributed by atoms with Crippen LogP contribution in [0.3, 0.4) is 0 Å². The molecule has 4 heterocycles. The van der Waals surface area contributed by atoms with Crippen LogP contribution in [0.5, 0.6) is 11.5 Å².